The van der Waals surface area contributed by atoms with Crippen molar-refractivity contribution in [3.63, 3.8) is 0 Å². The highest BCUT2D eigenvalue weighted by Crippen LogP contribution is 2.22. The maximum Gasteiger partial charge on any atom is 0.243 e. The lowest BCUT2D eigenvalue weighted by Crippen LogP contribution is -2.52. The normalized spacial score (nSPS) is 17.5. The van der Waals surface area contributed by atoms with Crippen molar-refractivity contribution in [2.75, 3.05) is 26.7 Å². The third-order valence-corrected chi connectivity index (χ3v) is 7.13. The molecule has 35 heavy (non-hydrogen) atoms. The van der Waals surface area contributed by atoms with Crippen molar-refractivity contribution in [1.29, 1.82) is 0 Å². The molecule has 1 aliphatic carbocycles. The first-order chi connectivity index (χ1) is 16.9. The minimum absolute atomic E-state index is 0.0550. The number of aliphatic hydroxyl groups is 1. The van der Waals surface area contributed by atoms with Gasteiger partial charge in [-0.2, -0.15) is 0 Å². The zero-order valence-corrected chi connectivity index (χ0v) is 21.2. The van der Waals surface area contributed by atoms with Crippen LogP contribution in [0.4, 0.5) is 0 Å². The number of nitrogens with one attached hydrogen (secondary N) is 2. The van der Waals surface area contributed by atoms with Crippen molar-refractivity contribution in [2.45, 2.75) is 70.1 Å². The summed E-state index contributed by atoms with van der Waals surface area (Å²) in [6.45, 7) is 2.70. The van der Waals surface area contributed by atoms with Gasteiger partial charge in [-0.3, -0.25) is 9.59 Å². The van der Waals surface area contributed by atoms with E-state index < -0.39 is 12.1 Å². The average Bonchev–Trinajstić information content (AvgIpc) is 3.16. The smallest absolute Gasteiger partial charge is 0.243 e. The third kappa shape index (κ3) is 8.30. The summed E-state index contributed by atoms with van der Waals surface area (Å²) in [5.41, 5.74) is 6.44. The Morgan fingerprint density at radius 2 is 1.74 bits per heavy atom. The van der Waals surface area contributed by atoms with E-state index >= 15 is 0 Å². The van der Waals surface area contributed by atoms with Gasteiger partial charge in [-0.25, -0.2) is 0 Å². The molecule has 7 heteroatoms. The second-order valence-corrected chi connectivity index (χ2v) is 10.1. The molecule has 0 heterocycles. The standard InChI is InChI=1S/C28H42N4O3/c1-20(19-32(2)24-11-5-3-4-6-12-24)27(34)31-26(28(35)30-18-25(33)17-29)16-21-13-14-22-9-7-8-10-23(22)15-21/h7-10,13-15,20,24-26,33H,3-6,11-12,16-19,29H2,1-2H3,(H,30,35)(H,31,34)/t20?,25?,26-/m1/s1. The highest BCUT2D eigenvalue weighted by atomic mass is 16.3. The van der Waals surface area contributed by atoms with E-state index in [1.54, 1.807) is 0 Å². The number of benzene rings is 2. The molecule has 0 aliphatic heterocycles. The van der Waals surface area contributed by atoms with Gasteiger partial charge in [-0.1, -0.05) is 75.1 Å². The number of rotatable bonds is 11. The fourth-order valence-electron chi connectivity index (χ4n) is 4.91. The maximum atomic E-state index is 13.2. The van der Waals surface area contributed by atoms with Crippen molar-refractivity contribution in [1.82, 2.24) is 15.5 Å². The summed E-state index contributed by atoms with van der Waals surface area (Å²) in [5, 5.41) is 17.7. The lowest BCUT2D eigenvalue weighted by Gasteiger charge is -2.30. The van der Waals surface area contributed by atoms with Gasteiger partial charge in [0.1, 0.15) is 6.04 Å². The quantitative estimate of drug-likeness (QED) is 0.368. The van der Waals surface area contributed by atoms with Gasteiger partial charge >= 0.3 is 0 Å². The predicted octanol–water partition coefficient (Wildman–Crippen LogP) is 2.59. The lowest BCUT2D eigenvalue weighted by molar-refractivity contribution is -0.131. The Kier molecular flexibility index (Phi) is 10.5. The number of hydrogen-bond donors (Lipinski definition) is 4. The van der Waals surface area contributed by atoms with Gasteiger partial charge in [0.25, 0.3) is 0 Å². The number of aliphatic hydroxyl groups excluding tert-OH is 1. The van der Waals surface area contributed by atoms with Gasteiger partial charge in [-0.15, -0.1) is 0 Å². The van der Waals surface area contributed by atoms with Gasteiger partial charge in [-0.05, 0) is 36.2 Å². The zero-order valence-electron chi connectivity index (χ0n) is 21.2. The van der Waals surface area contributed by atoms with Crippen LogP contribution in [0, 0.1) is 5.92 Å². The van der Waals surface area contributed by atoms with Gasteiger partial charge in [0, 0.05) is 38.0 Å². The molecule has 3 rings (SSSR count). The van der Waals surface area contributed by atoms with Crippen LogP contribution in [-0.4, -0.2) is 66.7 Å². The van der Waals surface area contributed by atoms with E-state index in [9.17, 15) is 14.7 Å². The number of amides is 2. The number of nitrogens with two attached hydrogens (primary N) is 1. The molecule has 3 atom stereocenters. The molecule has 0 saturated heterocycles. The highest BCUT2D eigenvalue weighted by molar-refractivity contribution is 5.89. The molecule has 2 amide bonds. The molecule has 0 radical (unpaired) electrons. The molecule has 192 valence electrons. The average molecular weight is 483 g/mol. The van der Waals surface area contributed by atoms with Crippen LogP contribution >= 0.6 is 0 Å². The van der Waals surface area contributed by atoms with E-state index in [1.165, 1.54) is 38.5 Å². The molecule has 0 aromatic heterocycles. The largest absolute Gasteiger partial charge is 0.390 e. The first kappa shape index (κ1) is 27.1. The molecule has 2 aromatic carbocycles. The van der Waals surface area contributed by atoms with Gasteiger partial charge in [0.2, 0.25) is 11.8 Å². The summed E-state index contributed by atoms with van der Waals surface area (Å²) in [6, 6.07) is 13.9. The Hall–Kier alpha value is -2.48. The van der Waals surface area contributed by atoms with Gasteiger partial charge in [0.05, 0.1) is 6.10 Å². The number of nitrogens with zero attached hydrogens (tertiary/aromatic N) is 1. The molecule has 2 aromatic rings. The number of carbonyl (C=O) groups is 2. The van der Waals surface area contributed by atoms with Crippen LogP contribution in [0.5, 0.6) is 0 Å². The van der Waals surface area contributed by atoms with E-state index in [1.807, 2.05) is 43.3 Å². The Balaban J connectivity index is 1.66. The molecule has 0 bridgehead atoms. The van der Waals surface area contributed by atoms with Gasteiger partial charge in [0.15, 0.2) is 0 Å². The van der Waals surface area contributed by atoms with Crippen LogP contribution in [0.2, 0.25) is 0 Å². The SMILES string of the molecule is CC(CN(C)C1CCCCCC1)C(=O)N[C@H](Cc1ccc2ccccc2c1)C(=O)NCC(O)CN. The van der Waals surface area contributed by atoms with E-state index in [4.69, 9.17) is 5.73 Å². The van der Waals surface area contributed by atoms with E-state index in [-0.39, 0.29) is 30.8 Å². The number of carbonyl (C=O) groups excluding carboxylic acids is 2. The summed E-state index contributed by atoms with van der Waals surface area (Å²) in [5.74, 6) is -0.695. The van der Waals surface area contributed by atoms with Crippen LogP contribution in [-0.2, 0) is 16.0 Å². The molecule has 1 saturated carbocycles. The van der Waals surface area contributed by atoms with E-state index in [0.717, 1.165) is 16.3 Å². The van der Waals surface area contributed by atoms with Crippen LogP contribution in [0.25, 0.3) is 10.8 Å². The molecule has 5 N–H and O–H groups in total. The number of fused-ring (bicyclic) bond motifs is 1. The van der Waals surface area contributed by atoms with Crippen LogP contribution < -0.4 is 16.4 Å². The van der Waals surface area contributed by atoms with Crippen molar-refractivity contribution in [2.24, 2.45) is 11.7 Å². The van der Waals surface area contributed by atoms with Crippen LogP contribution in [0.1, 0.15) is 51.0 Å². The Labute approximate surface area is 209 Å². The van der Waals surface area contributed by atoms with Crippen molar-refractivity contribution in [3.05, 3.63) is 48.0 Å². The Morgan fingerprint density at radius 1 is 1.06 bits per heavy atom. The van der Waals surface area contributed by atoms with Crippen molar-refractivity contribution in [3.8, 4) is 0 Å². The second-order valence-electron chi connectivity index (χ2n) is 10.1. The Bertz CT molecular complexity index is 958. The zero-order chi connectivity index (χ0) is 25.2. The second kappa shape index (κ2) is 13.6. The summed E-state index contributed by atoms with van der Waals surface area (Å²) in [4.78, 5) is 28.5. The predicted molar refractivity (Wildman–Crippen MR) is 141 cm³/mol. The number of hydrogen-bond acceptors (Lipinski definition) is 5. The molecular weight excluding hydrogens is 440 g/mol. The topological polar surface area (TPSA) is 108 Å². The third-order valence-electron chi connectivity index (χ3n) is 7.13. The molecular formula is C28H42N4O3. The van der Waals surface area contributed by atoms with Crippen LogP contribution in [0.3, 0.4) is 0 Å². The van der Waals surface area contributed by atoms with E-state index in [2.05, 4.69) is 28.6 Å². The minimum Gasteiger partial charge on any atom is -0.390 e. The van der Waals surface area contributed by atoms with Crippen molar-refractivity contribution < 1.29 is 14.7 Å². The molecule has 1 aliphatic rings. The monoisotopic (exact) mass is 482 g/mol. The Morgan fingerprint density at radius 3 is 2.43 bits per heavy atom. The summed E-state index contributed by atoms with van der Waals surface area (Å²) in [7, 11) is 2.10. The molecule has 7 nitrogen and oxygen atoms in total. The molecule has 1 fully saturated rings. The first-order valence-electron chi connectivity index (χ1n) is 13.0. The first-order valence-corrected chi connectivity index (χ1v) is 13.0. The van der Waals surface area contributed by atoms with Gasteiger partial charge < -0.3 is 26.4 Å². The lowest BCUT2D eigenvalue weighted by atomic mass is 10.00. The molecule has 0 spiro atoms. The maximum absolute atomic E-state index is 13.2. The van der Waals surface area contributed by atoms with Crippen LogP contribution in [0.15, 0.2) is 42.5 Å². The minimum atomic E-state index is -0.817. The fourth-order valence-corrected chi connectivity index (χ4v) is 4.91. The van der Waals surface area contributed by atoms with E-state index in [0.29, 0.717) is 19.0 Å². The summed E-state index contributed by atoms with van der Waals surface area (Å²) in [6.07, 6.45) is 7.00. The highest BCUT2D eigenvalue weighted by Gasteiger charge is 2.26. The fraction of sp³-hybridized carbons (Fsp3) is 0.571. The summed E-state index contributed by atoms with van der Waals surface area (Å²) >= 11 is 0. The van der Waals surface area contributed by atoms with Crippen molar-refractivity contribution >= 4 is 22.6 Å². The summed E-state index contributed by atoms with van der Waals surface area (Å²) < 4.78 is 0. The molecule has 2 unspecified atom stereocenters.